The normalized spacial score (nSPS) is 45.9. The third kappa shape index (κ3) is 1.05. The first-order chi connectivity index (χ1) is 4.88. The predicted molar refractivity (Wildman–Crippen MR) is 38.2 cm³/mol. The van der Waals surface area contributed by atoms with Gasteiger partial charge in [0.1, 0.15) is 0 Å². The summed E-state index contributed by atoms with van der Waals surface area (Å²) in [7, 11) is 0. The topological polar surface area (TPSA) is 47.3 Å². The minimum absolute atomic E-state index is 0.318. The Labute approximate surface area is 60.9 Å². The van der Waals surface area contributed by atoms with Crippen molar-refractivity contribution in [1.29, 1.82) is 0 Å². The van der Waals surface area contributed by atoms with Gasteiger partial charge in [-0.05, 0) is 25.7 Å². The number of nitrogens with one attached hydrogen (secondary N) is 1. The van der Waals surface area contributed by atoms with Crippen LogP contribution in [-0.2, 0) is 4.84 Å². The van der Waals surface area contributed by atoms with E-state index in [4.69, 9.17) is 10.7 Å². The van der Waals surface area contributed by atoms with Gasteiger partial charge >= 0.3 is 0 Å². The Kier molecular flexibility index (Phi) is 1.64. The van der Waals surface area contributed by atoms with E-state index < -0.39 is 0 Å². The lowest BCUT2D eigenvalue weighted by Gasteiger charge is -2.26. The van der Waals surface area contributed by atoms with E-state index in [0.29, 0.717) is 18.2 Å². The molecule has 2 atom stereocenters. The largest absolute Gasteiger partial charge is 0.311 e. The maximum atomic E-state index is 5.13. The monoisotopic (exact) mass is 142 g/mol. The van der Waals surface area contributed by atoms with E-state index in [1.807, 2.05) is 0 Å². The Morgan fingerprint density at radius 1 is 1.20 bits per heavy atom. The number of hydrogen-bond acceptors (Lipinski definition) is 3. The van der Waals surface area contributed by atoms with Gasteiger partial charge < -0.3 is 10.2 Å². The summed E-state index contributed by atoms with van der Waals surface area (Å²) in [6.07, 6.45) is 5.15. The lowest BCUT2D eigenvalue weighted by atomic mass is 10.0. The Bertz CT molecular complexity index is 117. The van der Waals surface area contributed by atoms with E-state index in [1.54, 1.807) is 0 Å². The summed E-state index contributed by atoms with van der Waals surface area (Å²) in [6, 6.07) is 1.37. The molecule has 3 N–H and O–H groups in total. The van der Waals surface area contributed by atoms with Gasteiger partial charge in [0.15, 0.2) is 0 Å². The average Bonchev–Trinajstić information content (AvgIpc) is 2.30. The first-order valence-electron chi connectivity index (χ1n) is 4.00. The van der Waals surface area contributed by atoms with Gasteiger partial charge in [0, 0.05) is 12.1 Å². The molecule has 10 heavy (non-hydrogen) atoms. The van der Waals surface area contributed by atoms with E-state index >= 15 is 0 Å². The standard InChI is InChI=1S/C7H14N2O/c8-10-7-3-5-1-2-6(4-7)9-5/h5-7,9H,1-4,8H2. The fourth-order valence-corrected chi connectivity index (χ4v) is 2.12. The Morgan fingerprint density at radius 3 is 2.30 bits per heavy atom. The van der Waals surface area contributed by atoms with Gasteiger partial charge in [0.05, 0.1) is 6.10 Å². The van der Waals surface area contributed by atoms with Crippen molar-refractivity contribution in [2.75, 3.05) is 0 Å². The van der Waals surface area contributed by atoms with Crippen LogP contribution in [0, 0.1) is 0 Å². The Morgan fingerprint density at radius 2 is 1.80 bits per heavy atom. The minimum Gasteiger partial charge on any atom is -0.311 e. The summed E-state index contributed by atoms with van der Waals surface area (Å²) >= 11 is 0. The number of rotatable bonds is 1. The molecule has 2 saturated heterocycles. The van der Waals surface area contributed by atoms with E-state index in [9.17, 15) is 0 Å². The molecule has 2 unspecified atom stereocenters. The maximum Gasteiger partial charge on any atom is 0.0817 e. The molecule has 3 heteroatoms. The first-order valence-corrected chi connectivity index (χ1v) is 4.00. The van der Waals surface area contributed by atoms with Crippen molar-refractivity contribution in [2.45, 2.75) is 43.9 Å². The summed E-state index contributed by atoms with van der Waals surface area (Å²) in [6.45, 7) is 0. The van der Waals surface area contributed by atoms with Gasteiger partial charge in [-0.2, -0.15) is 0 Å². The van der Waals surface area contributed by atoms with Crippen LogP contribution < -0.4 is 11.2 Å². The third-order valence-corrected chi connectivity index (χ3v) is 2.62. The fraction of sp³-hybridized carbons (Fsp3) is 1.00. The van der Waals surface area contributed by atoms with Crippen molar-refractivity contribution in [3.63, 3.8) is 0 Å². The molecule has 2 heterocycles. The van der Waals surface area contributed by atoms with E-state index in [0.717, 1.165) is 12.8 Å². The predicted octanol–water partition coefficient (Wildman–Crippen LogP) is 0.160. The molecule has 0 spiro atoms. The summed E-state index contributed by atoms with van der Waals surface area (Å²) in [4.78, 5) is 4.83. The number of hydrogen-bond donors (Lipinski definition) is 2. The van der Waals surface area contributed by atoms with Gasteiger partial charge in [0.2, 0.25) is 0 Å². The summed E-state index contributed by atoms with van der Waals surface area (Å²) in [5.74, 6) is 5.13. The zero-order chi connectivity index (χ0) is 6.97. The van der Waals surface area contributed by atoms with E-state index in [1.165, 1.54) is 12.8 Å². The van der Waals surface area contributed by atoms with Crippen molar-refractivity contribution >= 4 is 0 Å². The van der Waals surface area contributed by atoms with Crippen LogP contribution in [0.2, 0.25) is 0 Å². The lowest BCUT2D eigenvalue weighted by molar-refractivity contribution is 0.0195. The van der Waals surface area contributed by atoms with Crippen LogP contribution in [0.5, 0.6) is 0 Å². The van der Waals surface area contributed by atoms with Crippen molar-refractivity contribution < 1.29 is 4.84 Å². The zero-order valence-corrected chi connectivity index (χ0v) is 6.05. The first kappa shape index (κ1) is 6.58. The number of nitrogens with two attached hydrogens (primary N) is 1. The molecule has 2 rings (SSSR count). The molecular weight excluding hydrogens is 128 g/mol. The van der Waals surface area contributed by atoms with Crippen molar-refractivity contribution in [1.82, 2.24) is 5.32 Å². The van der Waals surface area contributed by atoms with Gasteiger partial charge in [-0.3, -0.25) is 0 Å². The molecule has 2 aliphatic rings. The zero-order valence-electron chi connectivity index (χ0n) is 6.05. The summed E-state index contributed by atoms with van der Waals surface area (Å²) < 4.78 is 0. The molecule has 0 saturated carbocycles. The highest BCUT2D eigenvalue weighted by atomic mass is 16.6. The second kappa shape index (κ2) is 2.49. The smallest absolute Gasteiger partial charge is 0.0817 e. The third-order valence-electron chi connectivity index (χ3n) is 2.62. The quantitative estimate of drug-likeness (QED) is 0.513. The fourth-order valence-electron chi connectivity index (χ4n) is 2.12. The highest BCUT2D eigenvalue weighted by molar-refractivity contribution is 4.92. The van der Waals surface area contributed by atoms with Crippen LogP contribution >= 0.6 is 0 Å². The molecule has 3 nitrogen and oxygen atoms in total. The van der Waals surface area contributed by atoms with E-state index in [-0.39, 0.29) is 0 Å². The van der Waals surface area contributed by atoms with Crippen LogP contribution in [-0.4, -0.2) is 18.2 Å². The van der Waals surface area contributed by atoms with Crippen LogP contribution in [0.25, 0.3) is 0 Å². The van der Waals surface area contributed by atoms with Gasteiger partial charge in [0.25, 0.3) is 0 Å². The second-order valence-corrected chi connectivity index (χ2v) is 3.37. The van der Waals surface area contributed by atoms with Gasteiger partial charge in [-0.15, -0.1) is 0 Å². The van der Waals surface area contributed by atoms with E-state index in [2.05, 4.69) is 5.32 Å². The number of piperidine rings is 1. The van der Waals surface area contributed by atoms with Crippen LogP contribution in [0.15, 0.2) is 0 Å². The molecule has 0 aliphatic carbocycles. The van der Waals surface area contributed by atoms with Crippen molar-refractivity contribution in [3.05, 3.63) is 0 Å². The molecule has 0 aromatic rings. The molecule has 0 aromatic carbocycles. The highest BCUT2D eigenvalue weighted by Crippen LogP contribution is 2.27. The average molecular weight is 142 g/mol. The van der Waals surface area contributed by atoms with Gasteiger partial charge in [-0.25, -0.2) is 5.90 Å². The highest BCUT2D eigenvalue weighted by Gasteiger charge is 2.33. The molecule has 2 fully saturated rings. The Balaban J connectivity index is 1.96. The van der Waals surface area contributed by atoms with Crippen molar-refractivity contribution in [2.24, 2.45) is 5.90 Å². The van der Waals surface area contributed by atoms with Crippen LogP contribution in [0.1, 0.15) is 25.7 Å². The van der Waals surface area contributed by atoms with Crippen molar-refractivity contribution in [3.8, 4) is 0 Å². The number of fused-ring (bicyclic) bond motifs is 2. The molecule has 2 bridgehead atoms. The SMILES string of the molecule is NOC1CC2CCC(C1)N2. The molecule has 0 radical (unpaired) electrons. The lowest BCUT2D eigenvalue weighted by Crippen LogP contribution is -2.42. The minimum atomic E-state index is 0.318. The molecule has 58 valence electrons. The molecule has 2 aliphatic heterocycles. The molecule has 0 aromatic heterocycles. The summed E-state index contributed by atoms with van der Waals surface area (Å²) in [5, 5.41) is 3.52. The summed E-state index contributed by atoms with van der Waals surface area (Å²) in [5.41, 5.74) is 0. The Hall–Kier alpha value is -0.120. The van der Waals surface area contributed by atoms with Crippen LogP contribution in [0.3, 0.4) is 0 Å². The van der Waals surface area contributed by atoms with Crippen LogP contribution in [0.4, 0.5) is 0 Å². The molecule has 0 amide bonds. The maximum absolute atomic E-state index is 5.13. The van der Waals surface area contributed by atoms with Gasteiger partial charge in [-0.1, -0.05) is 0 Å². The second-order valence-electron chi connectivity index (χ2n) is 3.37. The molecular formula is C7H14N2O.